The Balaban J connectivity index is 0.00000361. The van der Waals surface area contributed by atoms with Crippen LogP contribution < -0.4 is 16.4 Å². The van der Waals surface area contributed by atoms with Gasteiger partial charge in [-0.1, -0.05) is 15.9 Å². The lowest BCUT2D eigenvalue weighted by atomic mass is 10.2. The first kappa shape index (κ1) is 18.9. The number of anilines is 1. The maximum absolute atomic E-state index is 11.7. The van der Waals surface area contributed by atoms with E-state index in [2.05, 4.69) is 26.6 Å². The van der Waals surface area contributed by atoms with Crippen LogP contribution in [0, 0.1) is 6.92 Å². The number of benzene rings is 1. The van der Waals surface area contributed by atoms with Gasteiger partial charge in [-0.25, -0.2) is 0 Å². The molecule has 0 heterocycles. The molecule has 0 radical (unpaired) electrons. The van der Waals surface area contributed by atoms with E-state index < -0.39 is 6.04 Å². The second kappa shape index (κ2) is 8.94. The molecule has 1 aromatic rings. The van der Waals surface area contributed by atoms with E-state index in [1.165, 1.54) is 0 Å². The monoisotopic (exact) mass is 363 g/mol. The fraction of sp³-hybridized carbons (Fsp3) is 0.385. The summed E-state index contributed by atoms with van der Waals surface area (Å²) in [7, 11) is 0. The molecule has 1 aromatic carbocycles. The van der Waals surface area contributed by atoms with Gasteiger partial charge in [0.25, 0.3) is 0 Å². The van der Waals surface area contributed by atoms with Crippen LogP contribution in [0.3, 0.4) is 0 Å². The van der Waals surface area contributed by atoms with E-state index in [1.54, 1.807) is 6.92 Å². The molecule has 0 aliphatic heterocycles. The number of hydrogen-bond acceptors (Lipinski definition) is 3. The number of hydrogen-bond donors (Lipinski definition) is 3. The molecule has 1 atom stereocenters. The summed E-state index contributed by atoms with van der Waals surface area (Å²) in [6.45, 7) is 3.79. The topological polar surface area (TPSA) is 84.2 Å². The minimum atomic E-state index is -0.559. The molecule has 20 heavy (non-hydrogen) atoms. The van der Waals surface area contributed by atoms with Crippen LogP contribution in [0.15, 0.2) is 22.7 Å². The van der Waals surface area contributed by atoms with Crippen LogP contribution in [0.1, 0.15) is 18.9 Å². The highest BCUT2D eigenvalue weighted by Gasteiger charge is 2.08. The van der Waals surface area contributed by atoms with Crippen molar-refractivity contribution in [1.29, 1.82) is 0 Å². The van der Waals surface area contributed by atoms with Gasteiger partial charge in [-0.2, -0.15) is 0 Å². The van der Waals surface area contributed by atoms with Crippen molar-refractivity contribution in [3.63, 3.8) is 0 Å². The van der Waals surface area contributed by atoms with Gasteiger partial charge in [0, 0.05) is 23.1 Å². The van der Waals surface area contributed by atoms with E-state index in [9.17, 15) is 9.59 Å². The van der Waals surface area contributed by atoms with Crippen LogP contribution in [-0.4, -0.2) is 24.4 Å². The molecule has 0 saturated heterocycles. The molecule has 0 unspecified atom stereocenters. The van der Waals surface area contributed by atoms with E-state index in [0.717, 1.165) is 15.7 Å². The first-order chi connectivity index (χ1) is 8.90. The number of rotatable bonds is 5. The van der Waals surface area contributed by atoms with Gasteiger partial charge in [0.05, 0.1) is 6.04 Å². The molecular weight excluding hydrogens is 346 g/mol. The molecule has 0 aliphatic rings. The Morgan fingerprint density at radius 2 is 2.05 bits per heavy atom. The maximum Gasteiger partial charge on any atom is 0.236 e. The maximum atomic E-state index is 11.7. The van der Waals surface area contributed by atoms with Crippen LogP contribution in [0.4, 0.5) is 5.69 Å². The summed E-state index contributed by atoms with van der Waals surface area (Å²) in [5.74, 6) is -0.400. The van der Waals surface area contributed by atoms with Gasteiger partial charge in [-0.3, -0.25) is 9.59 Å². The van der Waals surface area contributed by atoms with E-state index in [-0.39, 0.29) is 37.2 Å². The molecule has 0 aliphatic carbocycles. The normalized spacial score (nSPS) is 11.2. The third-order valence-electron chi connectivity index (χ3n) is 2.53. The molecule has 112 valence electrons. The lowest BCUT2D eigenvalue weighted by Gasteiger charge is -2.10. The number of amides is 2. The van der Waals surface area contributed by atoms with Crippen LogP contribution in [0.5, 0.6) is 0 Å². The molecule has 0 fully saturated rings. The van der Waals surface area contributed by atoms with Crippen molar-refractivity contribution < 1.29 is 9.59 Å². The average Bonchev–Trinajstić information content (AvgIpc) is 2.32. The predicted octanol–water partition coefficient (Wildman–Crippen LogP) is 1.97. The second-order valence-corrected chi connectivity index (χ2v) is 5.25. The molecule has 0 aromatic heterocycles. The standard InChI is InChI=1S/C13H18BrN3O2.ClH/c1-8-7-10(14)3-4-11(8)17-12(18)5-6-16-13(19)9(2)15;/h3-4,7,9H,5-6,15H2,1-2H3,(H,16,19)(H,17,18);1H/t9-;/m1./s1. The highest BCUT2D eigenvalue weighted by Crippen LogP contribution is 2.19. The zero-order valence-electron chi connectivity index (χ0n) is 11.4. The molecular formula is C13H19BrClN3O2. The molecule has 7 heteroatoms. The SMILES string of the molecule is Cc1cc(Br)ccc1NC(=O)CCNC(=O)[C@@H](C)N.Cl. The lowest BCUT2D eigenvalue weighted by Crippen LogP contribution is -2.39. The summed E-state index contributed by atoms with van der Waals surface area (Å²) in [5, 5.41) is 5.39. The van der Waals surface area contributed by atoms with E-state index in [4.69, 9.17) is 5.73 Å². The van der Waals surface area contributed by atoms with Gasteiger partial charge in [-0.05, 0) is 37.6 Å². The van der Waals surface area contributed by atoms with E-state index >= 15 is 0 Å². The van der Waals surface area contributed by atoms with Gasteiger partial charge in [0.15, 0.2) is 0 Å². The molecule has 1 rings (SSSR count). The van der Waals surface area contributed by atoms with Crippen molar-refractivity contribution >= 4 is 45.8 Å². The Bertz CT molecular complexity index is 481. The second-order valence-electron chi connectivity index (χ2n) is 4.34. The quantitative estimate of drug-likeness (QED) is 0.747. The van der Waals surface area contributed by atoms with Gasteiger partial charge in [-0.15, -0.1) is 12.4 Å². The lowest BCUT2D eigenvalue weighted by molar-refractivity contribution is -0.122. The molecule has 4 N–H and O–H groups in total. The van der Waals surface area contributed by atoms with Crippen molar-refractivity contribution in [2.24, 2.45) is 5.73 Å². The molecule has 0 spiro atoms. The summed E-state index contributed by atoms with van der Waals surface area (Å²) in [6, 6.07) is 5.06. The predicted molar refractivity (Wildman–Crippen MR) is 86.0 cm³/mol. The fourth-order valence-corrected chi connectivity index (χ4v) is 1.92. The van der Waals surface area contributed by atoms with Crippen molar-refractivity contribution in [3.8, 4) is 0 Å². The first-order valence-corrected chi connectivity index (χ1v) is 6.78. The Labute approximate surface area is 133 Å². The van der Waals surface area contributed by atoms with Gasteiger partial charge < -0.3 is 16.4 Å². The van der Waals surface area contributed by atoms with Crippen LogP contribution in [0.25, 0.3) is 0 Å². The first-order valence-electron chi connectivity index (χ1n) is 5.99. The largest absolute Gasteiger partial charge is 0.354 e. The zero-order chi connectivity index (χ0) is 14.4. The molecule has 2 amide bonds. The van der Waals surface area contributed by atoms with E-state index in [1.807, 2.05) is 25.1 Å². The van der Waals surface area contributed by atoms with Gasteiger partial charge >= 0.3 is 0 Å². The van der Waals surface area contributed by atoms with Crippen molar-refractivity contribution in [2.45, 2.75) is 26.3 Å². The minimum Gasteiger partial charge on any atom is -0.354 e. The molecule has 0 saturated carbocycles. The van der Waals surface area contributed by atoms with Crippen LogP contribution >= 0.6 is 28.3 Å². The number of aryl methyl sites for hydroxylation is 1. The Kier molecular flexibility index (Phi) is 8.45. The van der Waals surface area contributed by atoms with Gasteiger partial charge in [0.2, 0.25) is 11.8 Å². The Morgan fingerprint density at radius 3 is 2.60 bits per heavy atom. The van der Waals surface area contributed by atoms with Crippen LogP contribution in [0.2, 0.25) is 0 Å². The Hall–Kier alpha value is -1.11. The number of nitrogens with one attached hydrogen (secondary N) is 2. The molecule has 5 nitrogen and oxygen atoms in total. The number of carbonyl (C=O) groups is 2. The summed E-state index contributed by atoms with van der Waals surface area (Å²) in [5.41, 5.74) is 7.14. The minimum absolute atomic E-state index is 0. The summed E-state index contributed by atoms with van der Waals surface area (Å²) >= 11 is 3.36. The summed E-state index contributed by atoms with van der Waals surface area (Å²) in [6.07, 6.45) is 0.216. The van der Waals surface area contributed by atoms with Crippen molar-refractivity contribution in [1.82, 2.24) is 5.32 Å². The molecule has 0 bridgehead atoms. The third-order valence-corrected chi connectivity index (χ3v) is 3.02. The van der Waals surface area contributed by atoms with E-state index in [0.29, 0.717) is 0 Å². The Morgan fingerprint density at radius 1 is 1.40 bits per heavy atom. The smallest absolute Gasteiger partial charge is 0.236 e. The van der Waals surface area contributed by atoms with Crippen molar-refractivity contribution in [3.05, 3.63) is 28.2 Å². The van der Waals surface area contributed by atoms with Crippen LogP contribution in [-0.2, 0) is 9.59 Å². The summed E-state index contributed by atoms with van der Waals surface area (Å²) in [4.78, 5) is 22.9. The fourth-order valence-electron chi connectivity index (χ4n) is 1.44. The highest BCUT2D eigenvalue weighted by molar-refractivity contribution is 9.10. The number of nitrogens with two attached hydrogens (primary N) is 1. The third kappa shape index (κ3) is 6.36. The zero-order valence-corrected chi connectivity index (χ0v) is 13.8. The van der Waals surface area contributed by atoms with Crippen molar-refractivity contribution in [2.75, 3.05) is 11.9 Å². The highest BCUT2D eigenvalue weighted by atomic mass is 79.9. The van der Waals surface area contributed by atoms with Gasteiger partial charge in [0.1, 0.15) is 0 Å². The number of halogens is 2. The summed E-state index contributed by atoms with van der Waals surface area (Å²) < 4.78 is 0.965. The number of carbonyl (C=O) groups excluding carboxylic acids is 2. The average molecular weight is 365 g/mol.